The summed E-state index contributed by atoms with van der Waals surface area (Å²) in [7, 11) is 1.47. The Labute approximate surface area is 192 Å². The smallest absolute Gasteiger partial charge is 0.315 e. The maximum absolute atomic E-state index is 14.3. The molecule has 3 rings (SSSR count). The molecule has 0 aliphatic heterocycles. The average Bonchev–Trinajstić information content (AvgIpc) is 2.81. The zero-order valence-electron chi connectivity index (χ0n) is 18.6. The van der Waals surface area contributed by atoms with Gasteiger partial charge in [-0.2, -0.15) is 0 Å². The third kappa shape index (κ3) is 6.10. The summed E-state index contributed by atoms with van der Waals surface area (Å²) in [5.41, 5.74) is 3.36. The van der Waals surface area contributed by atoms with Crippen LogP contribution < -0.4 is 15.4 Å². The van der Waals surface area contributed by atoms with Crippen molar-refractivity contribution in [2.24, 2.45) is 0 Å². The average molecular weight is 451 g/mol. The lowest BCUT2D eigenvalue weighted by molar-refractivity contribution is -0.136. The highest BCUT2D eigenvalue weighted by Gasteiger charge is 2.21. The topological polar surface area (TPSA) is 87.7 Å². The van der Waals surface area contributed by atoms with Gasteiger partial charge in [-0.25, -0.2) is 9.18 Å². The number of hydrogen-bond acceptors (Lipinski definition) is 3. The van der Waals surface area contributed by atoms with Crippen LogP contribution in [0.1, 0.15) is 36.1 Å². The number of para-hydroxylation sites is 1. The molecule has 3 aromatic rings. The molecule has 7 heteroatoms. The summed E-state index contributed by atoms with van der Waals surface area (Å²) in [6, 6.07) is 18.3. The molecule has 0 aliphatic rings. The number of amides is 2. The van der Waals surface area contributed by atoms with Crippen LogP contribution in [0.4, 0.5) is 9.18 Å². The van der Waals surface area contributed by atoms with E-state index in [-0.39, 0.29) is 12.5 Å². The van der Waals surface area contributed by atoms with Crippen molar-refractivity contribution < 1.29 is 23.8 Å². The van der Waals surface area contributed by atoms with Gasteiger partial charge in [0.2, 0.25) is 0 Å². The van der Waals surface area contributed by atoms with Crippen molar-refractivity contribution in [2.75, 3.05) is 7.11 Å². The van der Waals surface area contributed by atoms with E-state index in [4.69, 9.17) is 4.74 Å². The number of ether oxygens (including phenoxy) is 1. The molecule has 3 aromatic carbocycles. The van der Waals surface area contributed by atoms with Crippen LogP contribution in [-0.4, -0.2) is 24.2 Å². The Morgan fingerprint density at radius 2 is 1.79 bits per heavy atom. The second kappa shape index (κ2) is 11.1. The predicted octanol–water partition coefficient (Wildman–Crippen LogP) is 5.08. The summed E-state index contributed by atoms with van der Waals surface area (Å²) in [5.74, 6) is -0.997. The van der Waals surface area contributed by atoms with Crippen LogP contribution in [0.5, 0.6) is 5.75 Å². The molecule has 0 radical (unpaired) electrons. The molecule has 0 fully saturated rings. The molecule has 0 spiro atoms. The fourth-order valence-corrected chi connectivity index (χ4v) is 3.79. The zero-order valence-corrected chi connectivity index (χ0v) is 18.6. The van der Waals surface area contributed by atoms with Crippen molar-refractivity contribution in [2.45, 2.75) is 32.4 Å². The first kappa shape index (κ1) is 23.8. The summed E-state index contributed by atoms with van der Waals surface area (Å²) in [6.45, 7) is 2.26. The summed E-state index contributed by atoms with van der Waals surface area (Å²) >= 11 is 0. The van der Waals surface area contributed by atoms with Gasteiger partial charge >= 0.3 is 12.0 Å². The van der Waals surface area contributed by atoms with Crippen molar-refractivity contribution in [1.82, 2.24) is 10.6 Å². The number of carboxylic acid groups (broad SMARTS) is 1. The fraction of sp³-hybridized carbons (Fsp3) is 0.231. The number of carbonyl (C=O) groups excluding carboxylic acids is 1. The second-order valence-electron chi connectivity index (χ2n) is 7.57. The van der Waals surface area contributed by atoms with Crippen molar-refractivity contribution >= 4 is 12.0 Å². The first-order valence-corrected chi connectivity index (χ1v) is 10.7. The van der Waals surface area contributed by atoms with E-state index in [1.54, 1.807) is 24.3 Å². The van der Waals surface area contributed by atoms with E-state index < -0.39 is 17.8 Å². The standard InChI is InChI=1S/C26H27FN2O4/c1-3-23(29-26(32)28-16-17-8-5-4-6-9-17)22-15-19(27)12-13-20(22)21-11-7-10-18(14-24(30)31)25(21)33-2/h4-13,15,23H,3,14,16H2,1-2H3,(H,30,31)(H2,28,29,32). The van der Waals surface area contributed by atoms with E-state index in [0.29, 0.717) is 41.0 Å². The number of benzene rings is 3. The number of carboxylic acids is 1. The minimum atomic E-state index is -0.979. The fourth-order valence-electron chi connectivity index (χ4n) is 3.79. The van der Waals surface area contributed by atoms with E-state index in [1.807, 2.05) is 37.3 Å². The zero-order chi connectivity index (χ0) is 23.8. The van der Waals surface area contributed by atoms with Crippen LogP contribution in [0.25, 0.3) is 11.1 Å². The van der Waals surface area contributed by atoms with Crippen LogP contribution in [0, 0.1) is 5.82 Å². The monoisotopic (exact) mass is 450 g/mol. The molecule has 2 amide bonds. The molecule has 0 aliphatic carbocycles. The van der Waals surface area contributed by atoms with Gasteiger partial charge in [0.1, 0.15) is 11.6 Å². The lowest BCUT2D eigenvalue weighted by atomic mass is 9.91. The largest absolute Gasteiger partial charge is 0.496 e. The minimum absolute atomic E-state index is 0.203. The van der Waals surface area contributed by atoms with Crippen molar-refractivity contribution in [3.05, 3.63) is 89.2 Å². The molecule has 172 valence electrons. The van der Waals surface area contributed by atoms with Crippen LogP contribution >= 0.6 is 0 Å². The van der Waals surface area contributed by atoms with E-state index in [1.165, 1.54) is 19.2 Å². The Morgan fingerprint density at radius 1 is 1.03 bits per heavy atom. The Bertz CT molecular complexity index is 1120. The van der Waals surface area contributed by atoms with Crippen LogP contribution in [0.3, 0.4) is 0 Å². The van der Waals surface area contributed by atoms with Gasteiger partial charge in [-0.15, -0.1) is 0 Å². The first-order valence-electron chi connectivity index (χ1n) is 10.7. The molecular formula is C26H27FN2O4. The van der Waals surface area contributed by atoms with E-state index in [0.717, 1.165) is 5.56 Å². The molecule has 0 aromatic heterocycles. The third-order valence-electron chi connectivity index (χ3n) is 5.33. The molecule has 0 saturated heterocycles. The number of aliphatic carboxylic acids is 1. The molecule has 3 N–H and O–H groups in total. The van der Waals surface area contributed by atoms with Crippen molar-refractivity contribution in [3.63, 3.8) is 0 Å². The van der Waals surface area contributed by atoms with E-state index >= 15 is 0 Å². The molecule has 1 atom stereocenters. The van der Waals surface area contributed by atoms with E-state index in [2.05, 4.69) is 10.6 Å². The van der Waals surface area contributed by atoms with Crippen molar-refractivity contribution in [1.29, 1.82) is 0 Å². The molecule has 0 bridgehead atoms. The Kier molecular flexibility index (Phi) is 8.02. The Hall–Kier alpha value is -3.87. The number of hydrogen-bond donors (Lipinski definition) is 3. The molecule has 0 saturated carbocycles. The molecular weight excluding hydrogens is 423 g/mol. The molecule has 33 heavy (non-hydrogen) atoms. The van der Waals surface area contributed by atoms with Gasteiger partial charge in [-0.3, -0.25) is 4.79 Å². The Morgan fingerprint density at radius 3 is 2.45 bits per heavy atom. The summed E-state index contributed by atoms with van der Waals surface area (Å²) < 4.78 is 19.8. The van der Waals surface area contributed by atoms with Crippen LogP contribution in [0.2, 0.25) is 0 Å². The van der Waals surface area contributed by atoms with Gasteiger partial charge in [0, 0.05) is 17.7 Å². The quantitative estimate of drug-likeness (QED) is 0.424. The lowest BCUT2D eigenvalue weighted by Gasteiger charge is -2.23. The number of rotatable bonds is 9. The lowest BCUT2D eigenvalue weighted by Crippen LogP contribution is -2.37. The number of halogens is 1. The molecule has 1 unspecified atom stereocenters. The van der Waals surface area contributed by atoms with Crippen LogP contribution in [0.15, 0.2) is 66.7 Å². The van der Waals surface area contributed by atoms with Gasteiger partial charge in [0.15, 0.2) is 0 Å². The van der Waals surface area contributed by atoms with Crippen LogP contribution in [-0.2, 0) is 17.8 Å². The predicted molar refractivity (Wildman–Crippen MR) is 125 cm³/mol. The van der Waals surface area contributed by atoms with Gasteiger partial charge in [-0.1, -0.05) is 61.5 Å². The molecule has 6 nitrogen and oxygen atoms in total. The Balaban J connectivity index is 1.91. The number of carbonyl (C=O) groups is 2. The first-order chi connectivity index (χ1) is 15.9. The van der Waals surface area contributed by atoms with Crippen molar-refractivity contribution in [3.8, 4) is 16.9 Å². The SMILES string of the molecule is CCC(NC(=O)NCc1ccccc1)c1cc(F)ccc1-c1cccc(CC(=O)O)c1OC. The maximum Gasteiger partial charge on any atom is 0.315 e. The van der Waals surface area contributed by atoms with Gasteiger partial charge in [0.05, 0.1) is 19.6 Å². The highest BCUT2D eigenvalue weighted by atomic mass is 19.1. The summed E-state index contributed by atoms with van der Waals surface area (Å²) in [5, 5.41) is 15.0. The normalized spacial score (nSPS) is 11.5. The van der Waals surface area contributed by atoms with E-state index in [9.17, 15) is 19.1 Å². The summed E-state index contributed by atoms with van der Waals surface area (Å²) in [4.78, 5) is 23.9. The maximum atomic E-state index is 14.3. The third-order valence-corrected chi connectivity index (χ3v) is 5.33. The number of methoxy groups -OCH3 is 1. The number of urea groups is 1. The second-order valence-corrected chi connectivity index (χ2v) is 7.57. The highest BCUT2D eigenvalue weighted by Crippen LogP contribution is 2.38. The molecule has 0 heterocycles. The summed E-state index contributed by atoms with van der Waals surface area (Å²) in [6.07, 6.45) is 0.317. The van der Waals surface area contributed by atoms with Gasteiger partial charge < -0.3 is 20.5 Å². The van der Waals surface area contributed by atoms with Gasteiger partial charge in [0.25, 0.3) is 0 Å². The minimum Gasteiger partial charge on any atom is -0.496 e. The van der Waals surface area contributed by atoms with Gasteiger partial charge in [-0.05, 0) is 35.2 Å². The number of nitrogens with one attached hydrogen (secondary N) is 2. The highest BCUT2D eigenvalue weighted by molar-refractivity contribution is 5.80.